The first-order valence-corrected chi connectivity index (χ1v) is 8.75. The number of nitrogens with one attached hydrogen (secondary N) is 1. The normalized spacial score (nSPS) is 10.4. The summed E-state index contributed by atoms with van der Waals surface area (Å²) in [4.78, 5) is 12.4. The highest BCUT2D eigenvalue weighted by Gasteiger charge is 2.08. The van der Waals surface area contributed by atoms with Crippen molar-refractivity contribution in [1.82, 2.24) is 0 Å². The Morgan fingerprint density at radius 1 is 0.962 bits per heavy atom. The Hall–Kier alpha value is -2.78. The molecule has 3 aromatic rings. The average Bonchev–Trinajstić information content (AvgIpc) is 2.64. The lowest BCUT2D eigenvalue weighted by Crippen LogP contribution is -2.12. The predicted octanol–water partition coefficient (Wildman–Crippen LogP) is 5.79. The number of ether oxygens (including phenoxy) is 1. The number of benzene rings is 3. The Morgan fingerprint density at radius 3 is 2.35 bits per heavy atom. The van der Waals surface area contributed by atoms with Gasteiger partial charge in [-0.2, -0.15) is 0 Å². The fourth-order valence-corrected chi connectivity index (χ4v) is 2.65. The molecule has 0 heterocycles. The van der Waals surface area contributed by atoms with Gasteiger partial charge in [-0.3, -0.25) is 4.79 Å². The number of anilines is 1. The van der Waals surface area contributed by atoms with Gasteiger partial charge in [-0.25, -0.2) is 0 Å². The molecule has 1 N–H and O–H groups in total. The number of rotatable bonds is 5. The van der Waals surface area contributed by atoms with E-state index in [1.807, 2.05) is 56.3 Å². The lowest BCUT2D eigenvalue weighted by atomic mass is 10.1. The molecule has 132 valence electrons. The minimum absolute atomic E-state index is 0.165. The van der Waals surface area contributed by atoms with Crippen molar-refractivity contribution >= 4 is 23.2 Å². The third-order valence-electron chi connectivity index (χ3n) is 4.09. The maximum atomic E-state index is 12.4. The number of hydrogen-bond donors (Lipinski definition) is 1. The molecule has 0 saturated carbocycles. The average molecular weight is 366 g/mol. The van der Waals surface area contributed by atoms with E-state index in [9.17, 15) is 4.79 Å². The molecule has 0 aliphatic rings. The van der Waals surface area contributed by atoms with Gasteiger partial charge in [-0.15, -0.1) is 0 Å². The van der Waals surface area contributed by atoms with Crippen LogP contribution in [0, 0.1) is 13.8 Å². The molecule has 0 unspecified atom stereocenters. The lowest BCUT2D eigenvalue weighted by molar-refractivity contribution is 0.102. The molecule has 0 atom stereocenters. The van der Waals surface area contributed by atoms with Gasteiger partial charge in [0, 0.05) is 16.3 Å². The highest BCUT2D eigenvalue weighted by molar-refractivity contribution is 6.31. The maximum absolute atomic E-state index is 12.4. The van der Waals surface area contributed by atoms with Crippen LogP contribution >= 0.6 is 11.6 Å². The third-order valence-corrected chi connectivity index (χ3v) is 4.33. The van der Waals surface area contributed by atoms with E-state index in [1.54, 1.807) is 24.3 Å². The van der Waals surface area contributed by atoms with E-state index in [2.05, 4.69) is 5.32 Å². The minimum atomic E-state index is -0.165. The summed E-state index contributed by atoms with van der Waals surface area (Å²) in [7, 11) is 0. The zero-order valence-electron chi connectivity index (χ0n) is 14.8. The second kappa shape index (κ2) is 8.07. The zero-order valence-corrected chi connectivity index (χ0v) is 15.5. The molecule has 0 bridgehead atoms. The van der Waals surface area contributed by atoms with Gasteiger partial charge < -0.3 is 10.1 Å². The third kappa shape index (κ3) is 4.64. The van der Waals surface area contributed by atoms with Crippen molar-refractivity contribution in [1.29, 1.82) is 0 Å². The van der Waals surface area contributed by atoms with Gasteiger partial charge in [0.2, 0.25) is 0 Å². The predicted molar refractivity (Wildman–Crippen MR) is 106 cm³/mol. The number of carbonyl (C=O) groups is 1. The molecular formula is C22H20ClNO2. The molecule has 0 fully saturated rings. The molecular weight excluding hydrogens is 346 g/mol. The van der Waals surface area contributed by atoms with Crippen LogP contribution in [0.2, 0.25) is 5.02 Å². The van der Waals surface area contributed by atoms with Gasteiger partial charge >= 0.3 is 0 Å². The van der Waals surface area contributed by atoms with Crippen molar-refractivity contribution in [2.75, 3.05) is 5.32 Å². The Kier molecular flexibility index (Phi) is 5.59. The minimum Gasteiger partial charge on any atom is -0.489 e. The van der Waals surface area contributed by atoms with E-state index in [0.717, 1.165) is 16.9 Å². The molecule has 3 nitrogen and oxygen atoms in total. The summed E-state index contributed by atoms with van der Waals surface area (Å²) >= 11 is 6.00. The molecule has 3 rings (SSSR count). The SMILES string of the molecule is Cc1ccc(OCc2ccc(C(=O)Nc3cc(Cl)ccc3C)cc2)cc1. The van der Waals surface area contributed by atoms with E-state index in [1.165, 1.54) is 5.56 Å². The largest absolute Gasteiger partial charge is 0.489 e. The van der Waals surface area contributed by atoms with Crippen molar-refractivity contribution in [3.05, 3.63) is 94.0 Å². The summed E-state index contributed by atoms with van der Waals surface area (Å²) in [6, 6.07) is 20.7. The Balaban J connectivity index is 1.62. The fourth-order valence-electron chi connectivity index (χ4n) is 2.48. The molecule has 0 radical (unpaired) electrons. The van der Waals surface area contributed by atoms with Crippen LogP contribution in [0.3, 0.4) is 0 Å². The van der Waals surface area contributed by atoms with Crippen LogP contribution in [-0.4, -0.2) is 5.91 Å². The van der Waals surface area contributed by atoms with Crippen molar-refractivity contribution in [2.24, 2.45) is 0 Å². The molecule has 0 saturated heterocycles. The molecule has 0 aliphatic carbocycles. The lowest BCUT2D eigenvalue weighted by Gasteiger charge is -2.10. The Bertz CT molecular complexity index is 902. The van der Waals surface area contributed by atoms with Gasteiger partial charge in [0.15, 0.2) is 0 Å². The topological polar surface area (TPSA) is 38.3 Å². The van der Waals surface area contributed by atoms with Crippen LogP contribution in [0.25, 0.3) is 0 Å². The molecule has 0 spiro atoms. The number of aryl methyl sites for hydroxylation is 2. The Labute approximate surface area is 158 Å². The van der Waals surface area contributed by atoms with Gasteiger partial charge in [0.25, 0.3) is 5.91 Å². The van der Waals surface area contributed by atoms with Gasteiger partial charge in [-0.1, -0.05) is 47.5 Å². The van der Waals surface area contributed by atoms with E-state index in [-0.39, 0.29) is 5.91 Å². The first-order chi connectivity index (χ1) is 12.5. The quantitative estimate of drug-likeness (QED) is 0.621. The zero-order chi connectivity index (χ0) is 18.5. The smallest absolute Gasteiger partial charge is 0.255 e. The van der Waals surface area contributed by atoms with Crippen LogP contribution in [0.15, 0.2) is 66.7 Å². The number of amides is 1. The molecule has 0 aliphatic heterocycles. The number of halogens is 1. The van der Waals surface area contributed by atoms with E-state index < -0.39 is 0 Å². The summed E-state index contributed by atoms with van der Waals surface area (Å²) in [5, 5.41) is 3.49. The fraction of sp³-hybridized carbons (Fsp3) is 0.136. The van der Waals surface area contributed by atoms with Gasteiger partial charge in [0.05, 0.1) is 0 Å². The monoisotopic (exact) mass is 365 g/mol. The molecule has 26 heavy (non-hydrogen) atoms. The summed E-state index contributed by atoms with van der Waals surface area (Å²) in [5.41, 5.74) is 4.47. The van der Waals surface area contributed by atoms with Crippen LogP contribution in [0.1, 0.15) is 27.0 Å². The van der Waals surface area contributed by atoms with Gasteiger partial charge in [0.1, 0.15) is 12.4 Å². The first kappa shape index (κ1) is 18.0. The summed E-state index contributed by atoms with van der Waals surface area (Å²) < 4.78 is 5.76. The highest BCUT2D eigenvalue weighted by atomic mass is 35.5. The first-order valence-electron chi connectivity index (χ1n) is 8.37. The van der Waals surface area contributed by atoms with E-state index in [0.29, 0.717) is 22.9 Å². The highest BCUT2D eigenvalue weighted by Crippen LogP contribution is 2.21. The standard InChI is InChI=1S/C22H20ClNO2/c1-15-3-11-20(12-4-15)26-14-17-6-8-18(9-7-17)22(25)24-21-13-19(23)10-5-16(21)2/h3-13H,14H2,1-2H3,(H,24,25). The van der Waals surface area contributed by atoms with Crippen molar-refractivity contribution in [3.8, 4) is 5.75 Å². The van der Waals surface area contributed by atoms with Gasteiger partial charge in [-0.05, 0) is 61.4 Å². The van der Waals surface area contributed by atoms with Crippen molar-refractivity contribution in [2.45, 2.75) is 20.5 Å². The summed E-state index contributed by atoms with van der Waals surface area (Å²) in [6.45, 7) is 4.42. The number of carbonyl (C=O) groups excluding carboxylic acids is 1. The second-order valence-corrected chi connectivity index (χ2v) is 6.65. The summed E-state index contributed by atoms with van der Waals surface area (Å²) in [6.07, 6.45) is 0. The van der Waals surface area contributed by atoms with Crippen LogP contribution < -0.4 is 10.1 Å². The second-order valence-electron chi connectivity index (χ2n) is 6.21. The van der Waals surface area contributed by atoms with Crippen molar-refractivity contribution in [3.63, 3.8) is 0 Å². The summed E-state index contributed by atoms with van der Waals surface area (Å²) in [5.74, 6) is 0.662. The Morgan fingerprint density at radius 2 is 1.65 bits per heavy atom. The molecule has 0 aromatic heterocycles. The molecule has 3 aromatic carbocycles. The van der Waals surface area contributed by atoms with Crippen molar-refractivity contribution < 1.29 is 9.53 Å². The molecule has 4 heteroatoms. The van der Waals surface area contributed by atoms with Crippen LogP contribution in [0.4, 0.5) is 5.69 Å². The molecule has 1 amide bonds. The van der Waals surface area contributed by atoms with Crippen LogP contribution in [-0.2, 0) is 6.61 Å². The maximum Gasteiger partial charge on any atom is 0.255 e. The number of hydrogen-bond acceptors (Lipinski definition) is 2. The van der Waals surface area contributed by atoms with E-state index in [4.69, 9.17) is 16.3 Å². The van der Waals surface area contributed by atoms with E-state index >= 15 is 0 Å². The van der Waals surface area contributed by atoms with Crippen LogP contribution in [0.5, 0.6) is 5.75 Å².